The molecule has 5 nitrogen and oxygen atoms in total. The van der Waals surface area contributed by atoms with Gasteiger partial charge in [0, 0.05) is 38.1 Å². The maximum Gasteiger partial charge on any atom is 0.219 e. The van der Waals surface area contributed by atoms with Gasteiger partial charge in [0.2, 0.25) is 11.8 Å². The van der Waals surface area contributed by atoms with Crippen molar-refractivity contribution in [3.8, 4) is 11.6 Å². The van der Waals surface area contributed by atoms with Crippen molar-refractivity contribution in [3.63, 3.8) is 0 Å². The van der Waals surface area contributed by atoms with E-state index in [0.717, 1.165) is 11.1 Å². The SMILES string of the molecule is CC(=O)N[C@@H](C)/C=C/c1ccc(Oc2ccc(CC(=O)CC3CC3)cc2Cl)nc1. The lowest BCUT2D eigenvalue weighted by atomic mass is 10.1. The monoisotopic (exact) mass is 412 g/mol. The number of Topliss-reactive ketones (excluding diaryl/α,β-unsaturated/α-hetero) is 1. The van der Waals surface area contributed by atoms with E-state index < -0.39 is 0 Å². The summed E-state index contributed by atoms with van der Waals surface area (Å²) in [4.78, 5) is 27.3. The van der Waals surface area contributed by atoms with Gasteiger partial charge in [-0.15, -0.1) is 0 Å². The smallest absolute Gasteiger partial charge is 0.219 e. The van der Waals surface area contributed by atoms with Crippen LogP contribution in [0, 0.1) is 5.92 Å². The molecule has 29 heavy (non-hydrogen) atoms. The Bertz CT molecular complexity index is 905. The Morgan fingerprint density at radius 1 is 1.31 bits per heavy atom. The minimum absolute atomic E-state index is 0.0584. The fraction of sp³-hybridized carbons (Fsp3) is 0.348. The summed E-state index contributed by atoms with van der Waals surface area (Å²) in [5.74, 6) is 1.71. The molecule has 1 aromatic carbocycles. The van der Waals surface area contributed by atoms with Gasteiger partial charge < -0.3 is 10.1 Å². The van der Waals surface area contributed by atoms with E-state index >= 15 is 0 Å². The summed E-state index contributed by atoms with van der Waals surface area (Å²) in [6, 6.07) is 8.99. The van der Waals surface area contributed by atoms with E-state index in [4.69, 9.17) is 16.3 Å². The number of carbonyl (C=O) groups is 2. The van der Waals surface area contributed by atoms with Gasteiger partial charge in [-0.3, -0.25) is 9.59 Å². The van der Waals surface area contributed by atoms with Gasteiger partial charge in [0.05, 0.1) is 5.02 Å². The van der Waals surface area contributed by atoms with E-state index in [2.05, 4.69) is 10.3 Å². The van der Waals surface area contributed by atoms with Crippen LogP contribution in [-0.4, -0.2) is 22.7 Å². The van der Waals surface area contributed by atoms with Crippen molar-refractivity contribution in [2.24, 2.45) is 5.92 Å². The maximum absolute atomic E-state index is 12.0. The summed E-state index contributed by atoms with van der Waals surface area (Å²) in [6.45, 7) is 3.38. The zero-order valence-corrected chi connectivity index (χ0v) is 17.4. The van der Waals surface area contributed by atoms with Gasteiger partial charge >= 0.3 is 0 Å². The summed E-state index contributed by atoms with van der Waals surface area (Å²) in [5, 5.41) is 3.24. The zero-order valence-electron chi connectivity index (χ0n) is 16.7. The number of halogens is 1. The fourth-order valence-electron chi connectivity index (χ4n) is 2.97. The van der Waals surface area contributed by atoms with Crippen LogP contribution in [0.25, 0.3) is 6.08 Å². The second-order valence-corrected chi connectivity index (χ2v) is 7.92. The number of nitrogens with zero attached hydrogens (tertiary/aromatic N) is 1. The molecule has 0 spiro atoms. The first-order valence-corrected chi connectivity index (χ1v) is 10.2. The van der Waals surface area contributed by atoms with Crippen molar-refractivity contribution in [2.45, 2.75) is 45.6 Å². The normalized spacial score (nSPS) is 14.6. The molecule has 1 N–H and O–H groups in total. The van der Waals surface area contributed by atoms with Crippen LogP contribution in [-0.2, 0) is 16.0 Å². The summed E-state index contributed by atoms with van der Waals surface area (Å²) in [5.41, 5.74) is 1.79. The molecule has 1 amide bonds. The summed E-state index contributed by atoms with van der Waals surface area (Å²) < 4.78 is 5.77. The van der Waals surface area contributed by atoms with Crippen LogP contribution in [0.1, 0.15) is 44.2 Å². The number of ether oxygens (including phenoxy) is 1. The fourth-order valence-corrected chi connectivity index (χ4v) is 3.21. The molecule has 0 radical (unpaired) electrons. The van der Waals surface area contributed by atoms with Crippen LogP contribution >= 0.6 is 11.6 Å². The van der Waals surface area contributed by atoms with Crippen LogP contribution in [0.3, 0.4) is 0 Å². The van der Waals surface area contributed by atoms with Crippen molar-refractivity contribution < 1.29 is 14.3 Å². The Hall–Kier alpha value is -2.66. The lowest BCUT2D eigenvalue weighted by Gasteiger charge is -2.09. The second-order valence-electron chi connectivity index (χ2n) is 7.51. The minimum atomic E-state index is -0.0702. The summed E-state index contributed by atoms with van der Waals surface area (Å²) in [7, 11) is 0. The van der Waals surface area contributed by atoms with E-state index in [1.165, 1.54) is 19.8 Å². The maximum atomic E-state index is 12.0. The van der Waals surface area contributed by atoms with E-state index in [0.29, 0.717) is 35.4 Å². The number of carbonyl (C=O) groups excluding carboxylic acids is 2. The molecule has 1 saturated carbocycles. The van der Waals surface area contributed by atoms with Crippen molar-refractivity contribution in [3.05, 3.63) is 58.8 Å². The number of hydrogen-bond donors (Lipinski definition) is 1. The van der Waals surface area contributed by atoms with Crippen LogP contribution in [0.4, 0.5) is 0 Å². The molecule has 1 atom stereocenters. The summed E-state index contributed by atoms with van der Waals surface area (Å²) >= 11 is 6.33. The highest BCUT2D eigenvalue weighted by molar-refractivity contribution is 6.32. The Morgan fingerprint density at radius 2 is 2.10 bits per heavy atom. The average molecular weight is 413 g/mol. The van der Waals surface area contributed by atoms with E-state index in [9.17, 15) is 9.59 Å². The second kappa shape index (κ2) is 9.70. The first kappa shape index (κ1) is 21.1. The molecule has 1 aliphatic carbocycles. The topological polar surface area (TPSA) is 68.3 Å². The highest BCUT2D eigenvalue weighted by Crippen LogP contribution is 2.33. The molecule has 152 valence electrons. The molecule has 6 heteroatoms. The van der Waals surface area contributed by atoms with Gasteiger partial charge in [-0.2, -0.15) is 0 Å². The molecule has 0 unspecified atom stereocenters. The van der Waals surface area contributed by atoms with E-state index in [-0.39, 0.29) is 17.7 Å². The van der Waals surface area contributed by atoms with Crippen molar-refractivity contribution in [1.29, 1.82) is 0 Å². The number of hydrogen-bond acceptors (Lipinski definition) is 4. The van der Waals surface area contributed by atoms with Crippen LogP contribution in [0.15, 0.2) is 42.6 Å². The van der Waals surface area contributed by atoms with E-state index in [1.807, 2.05) is 31.2 Å². The molecule has 2 aromatic rings. The third-order valence-corrected chi connectivity index (χ3v) is 4.89. The Morgan fingerprint density at radius 3 is 2.72 bits per heavy atom. The number of rotatable bonds is 9. The van der Waals surface area contributed by atoms with E-state index in [1.54, 1.807) is 24.4 Å². The lowest BCUT2D eigenvalue weighted by molar-refractivity contribution is -0.119. The van der Waals surface area contributed by atoms with Crippen molar-refractivity contribution in [1.82, 2.24) is 10.3 Å². The summed E-state index contributed by atoms with van der Waals surface area (Å²) in [6.07, 6.45) is 8.89. The number of pyridine rings is 1. The quantitative estimate of drug-likeness (QED) is 0.630. The molecular formula is C23H25ClN2O3. The molecule has 0 aliphatic heterocycles. The number of ketones is 1. The molecule has 1 aromatic heterocycles. The van der Waals surface area contributed by atoms with Crippen molar-refractivity contribution in [2.75, 3.05) is 0 Å². The number of nitrogens with one attached hydrogen (secondary N) is 1. The predicted molar refractivity (Wildman–Crippen MR) is 114 cm³/mol. The largest absolute Gasteiger partial charge is 0.437 e. The lowest BCUT2D eigenvalue weighted by Crippen LogP contribution is -2.28. The molecule has 0 saturated heterocycles. The predicted octanol–water partition coefficient (Wildman–Crippen LogP) is 4.98. The molecule has 1 heterocycles. The third kappa shape index (κ3) is 7.02. The highest BCUT2D eigenvalue weighted by atomic mass is 35.5. The molecule has 1 fully saturated rings. The van der Waals surface area contributed by atoms with Crippen LogP contribution in [0.2, 0.25) is 5.02 Å². The van der Waals surface area contributed by atoms with Gasteiger partial charge in [0.25, 0.3) is 0 Å². The van der Waals surface area contributed by atoms with Crippen molar-refractivity contribution >= 4 is 29.4 Å². The first-order chi connectivity index (χ1) is 13.9. The molecular weight excluding hydrogens is 388 g/mol. The Kier molecular flexibility index (Phi) is 7.04. The standard InChI is InChI=1S/C23H25ClN2O3/c1-15(26-16(2)27)3-4-18-8-10-23(25-14-18)29-22-9-7-19(13-21(22)24)12-20(28)11-17-5-6-17/h3-4,7-10,13-15,17H,5-6,11-12H2,1-2H3,(H,26,27)/b4-3+/t15-/m0/s1. The van der Waals surface area contributed by atoms with Gasteiger partial charge in [0.1, 0.15) is 11.5 Å². The zero-order chi connectivity index (χ0) is 20.8. The number of amides is 1. The Balaban J connectivity index is 1.57. The number of aromatic nitrogens is 1. The van der Waals surface area contributed by atoms with Gasteiger partial charge in [-0.1, -0.05) is 29.8 Å². The molecule has 1 aliphatic rings. The van der Waals surface area contributed by atoms with Gasteiger partial charge in [0.15, 0.2) is 0 Å². The Labute approximate surface area is 176 Å². The minimum Gasteiger partial charge on any atom is -0.437 e. The third-order valence-electron chi connectivity index (χ3n) is 4.59. The van der Waals surface area contributed by atoms with Gasteiger partial charge in [-0.05, 0) is 55.0 Å². The van der Waals surface area contributed by atoms with Gasteiger partial charge in [-0.25, -0.2) is 4.98 Å². The molecule has 3 rings (SSSR count). The highest BCUT2D eigenvalue weighted by Gasteiger charge is 2.24. The average Bonchev–Trinajstić information content (AvgIpc) is 3.46. The molecule has 0 bridgehead atoms. The number of benzene rings is 1. The van der Waals surface area contributed by atoms with Crippen LogP contribution < -0.4 is 10.1 Å². The van der Waals surface area contributed by atoms with Crippen LogP contribution in [0.5, 0.6) is 11.6 Å². The first-order valence-electron chi connectivity index (χ1n) is 9.78.